The van der Waals surface area contributed by atoms with E-state index in [0.29, 0.717) is 17.9 Å². The van der Waals surface area contributed by atoms with Crippen molar-refractivity contribution in [2.75, 3.05) is 0 Å². The molecule has 2 radical (unpaired) electrons. The van der Waals surface area contributed by atoms with E-state index in [1.54, 1.807) is 0 Å². The Kier molecular flexibility index (Phi) is 2.46. The number of hydrogen-bond acceptors (Lipinski definition) is 2. The summed E-state index contributed by atoms with van der Waals surface area (Å²) >= 11 is 0. The topological polar surface area (TPSA) is 6.48 Å². The van der Waals surface area contributed by atoms with Crippen molar-refractivity contribution in [3.63, 3.8) is 0 Å². The third-order valence-corrected chi connectivity index (χ3v) is 1.99. The van der Waals surface area contributed by atoms with Crippen molar-refractivity contribution in [2.45, 2.75) is 39.8 Å². The SMILES string of the molecule is [C]=C1N(C(C)C)C=CN1C(C)C. The van der Waals surface area contributed by atoms with Gasteiger partial charge in [0.2, 0.25) is 0 Å². The van der Waals surface area contributed by atoms with Crippen LogP contribution in [0.25, 0.3) is 0 Å². The zero-order valence-corrected chi connectivity index (χ0v) is 8.20. The molecule has 2 nitrogen and oxygen atoms in total. The Bertz CT molecular complexity index is 184. The standard InChI is InChI=1S/C10H16N2/c1-8(2)11-6-7-12(9(3)4)10(11)5/h6-9H,1-4H3. The van der Waals surface area contributed by atoms with Gasteiger partial charge < -0.3 is 9.80 Å². The first-order valence-corrected chi connectivity index (χ1v) is 4.37. The fraction of sp³-hybridized carbons (Fsp3) is 0.600. The van der Waals surface area contributed by atoms with Crippen LogP contribution >= 0.6 is 0 Å². The molecule has 0 unspecified atom stereocenters. The highest BCUT2D eigenvalue weighted by molar-refractivity contribution is 5.11. The summed E-state index contributed by atoms with van der Waals surface area (Å²) in [5, 5.41) is 0. The lowest BCUT2D eigenvalue weighted by atomic mass is 10.3. The van der Waals surface area contributed by atoms with Gasteiger partial charge in [-0.15, -0.1) is 0 Å². The van der Waals surface area contributed by atoms with Gasteiger partial charge in [-0.2, -0.15) is 0 Å². The van der Waals surface area contributed by atoms with Crippen LogP contribution in [0.5, 0.6) is 0 Å². The van der Waals surface area contributed by atoms with E-state index in [4.69, 9.17) is 6.58 Å². The molecule has 0 saturated heterocycles. The smallest absolute Gasteiger partial charge is 0.122 e. The Morgan fingerprint density at radius 2 is 1.33 bits per heavy atom. The molecule has 1 aliphatic heterocycles. The largest absolute Gasteiger partial charge is 0.330 e. The van der Waals surface area contributed by atoms with Crippen LogP contribution < -0.4 is 0 Å². The van der Waals surface area contributed by atoms with Crippen LogP contribution in [-0.2, 0) is 0 Å². The molecule has 0 bridgehead atoms. The summed E-state index contributed by atoms with van der Waals surface area (Å²) in [7, 11) is 0. The predicted octanol–water partition coefficient (Wildman–Crippen LogP) is 2.04. The van der Waals surface area contributed by atoms with E-state index in [0.717, 1.165) is 0 Å². The Labute approximate surface area is 75.2 Å². The van der Waals surface area contributed by atoms with Gasteiger partial charge in [-0.1, -0.05) is 0 Å². The van der Waals surface area contributed by atoms with Gasteiger partial charge in [-0.05, 0) is 27.7 Å². The lowest BCUT2D eigenvalue weighted by Gasteiger charge is -2.28. The van der Waals surface area contributed by atoms with Crippen molar-refractivity contribution in [1.29, 1.82) is 0 Å². The molecule has 0 fully saturated rings. The predicted molar refractivity (Wildman–Crippen MR) is 49.8 cm³/mol. The fourth-order valence-corrected chi connectivity index (χ4v) is 1.25. The third-order valence-electron chi connectivity index (χ3n) is 1.99. The fourth-order valence-electron chi connectivity index (χ4n) is 1.25. The average molecular weight is 164 g/mol. The Balaban J connectivity index is 2.69. The van der Waals surface area contributed by atoms with Crippen molar-refractivity contribution in [3.8, 4) is 0 Å². The van der Waals surface area contributed by atoms with Crippen molar-refractivity contribution in [2.24, 2.45) is 0 Å². The molecule has 1 heterocycles. The summed E-state index contributed by atoms with van der Waals surface area (Å²) in [6.07, 6.45) is 3.93. The average Bonchev–Trinajstić information content (AvgIpc) is 2.30. The molecule has 1 aliphatic rings. The molecule has 0 aromatic carbocycles. The van der Waals surface area contributed by atoms with Crippen LogP contribution in [0.1, 0.15) is 27.7 Å². The summed E-state index contributed by atoms with van der Waals surface area (Å²) in [5.74, 6) is 0.583. The minimum atomic E-state index is 0.373. The van der Waals surface area contributed by atoms with Crippen LogP contribution in [0.15, 0.2) is 18.2 Å². The Hall–Kier alpha value is -0.920. The molecule has 2 heteroatoms. The minimum Gasteiger partial charge on any atom is -0.330 e. The maximum Gasteiger partial charge on any atom is 0.122 e. The Morgan fingerprint density at radius 3 is 1.50 bits per heavy atom. The van der Waals surface area contributed by atoms with Crippen molar-refractivity contribution in [1.82, 2.24) is 9.80 Å². The zero-order valence-electron chi connectivity index (χ0n) is 8.20. The molecule has 66 valence electrons. The lowest BCUT2D eigenvalue weighted by Crippen LogP contribution is -2.30. The van der Waals surface area contributed by atoms with Crippen LogP contribution in [-0.4, -0.2) is 21.9 Å². The molecule has 0 saturated carbocycles. The second kappa shape index (κ2) is 3.21. The molecular weight excluding hydrogens is 148 g/mol. The van der Waals surface area contributed by atoms with Crippen LogP contribution in [0.2, 0.25) is 0 Å². The monoisotopic (exact) mass is 164 g/mol. The normalized spacial score (nSPS) is 17.3. The second-order valence-corrected chi connectivity index (χ2v) is 3.62. The van der Waals surface area contributed by atoms with E-state index in [2.05, 4.69) is 27.7 Å². The maximum absolute atomic E-state index is 7.81. The molecule has 1 rings (SSSR count). The summed E-state index contributed by atoms with van der Waals surface area (Å²) in [6.45, 7) is 16.2. The van der Waals surface area contributed by atoms with Crippen molar-refractivity contribution in [3.05, 3.63) is 24.8 Å². The highest BCUT2D eigenvalue weighted by Crippen LogP contribution is 2.22. The van der Waals surface area contributed by atoms with E-state index in [9.17, 15) is 0 Å². The zero-order chi connectivity index (χ0) is 9.30. The summed E-state index contributed by atoms with van der Waals surface area (Å²) in [4.78, 5) is 3.92. The molecule has 0 aromatic heterocycles. The van der Waals surface area contributed by atoms with Gasteiger partial charge >= 0.3 is 0 Å². The maximum atomic E-state index is 7.81. The quantitative estimate of drug-likeness (QED) is 0.616. The first kappa shape index (κ1) is 9.17. The third kappa shape index (κ3) is 1.47. The molecule has 0 N–H and O–H groups in total. The Morgan fingerprint density at radius 1 is 1.00 bits per heavy atom. The molecule has 0 aromatic rings. The summed E-state index contributed by atoms with van der Waals surface area (Å²) < 4.78 is 0. The van der Waals surface area contributed by atoms with Crippen LogP contribution in [0, 0.1) is 6.58 Å². The number of nitrogens with zero attached hydrogens (tertiary/aromatic N) is 2. The van der Waals surface area contributed by atoms with Gasteiger partial charge in [-0.25, -0.2) is 0 Å². The van der Waals surface area contributed by atoms with Crippen molar-refractivity contribution >= 4 is 0 Å². The van der Waals surface area contributed by atoms with E-state index in [1.165, 1.54) is 0 Å². The molecule has 0 amide bonds. The summed E-state index contributed by atoms with van der Waals surface area (Å²) in [5.41, 5.74) is 0. The first-order valence-electron chi connectivity index (χ1n) is 4.37. The highest BCUT2D eigenvalue weighted by atomic mass is 15.4. The van der Waals surface area contributed by atoms with Gasteiger partial charge in [0.25, 0.3) is 0 Å². The molecule has 0 spiro atoms. The van der Waals surface area contributed by atoms with Crippen LogP contribution in [0.3, 0.4) is 0 Å². The lowest BCUT2D eigenvalue weighted by molar-refractivity contribution is 0.285. The molecule has 0 atom stereocenters. The van der Waals surface area contributed by atoms with Gasteiger partial charge in [0, 0.05) is 31.1 Å². The molecule has 12 heavy (non-hydrogen) atoms. The number of rotatable bonds is 2. The summed E-state index contributed by atoms with van der Waals surface area (Å²) in [6, 6.07) is 0.745. The molecular formula is C10H16N2. The highest BCUT2D eigenvalue weighted by Gasteiger charge is 2.21. The second-order valence-electron chi connectivity index (χ2n) is 3.62. The van der Waals surface area contributed by atoms with Crippen LogP contribution in [0.4, 0.5) is 0 Å². The van der Waals surface area contributed by atoms with Gasteiger partial charge in [-0.3, -0.25) is 0 Å². The van der Waals surface area contributed by atoms with E-state index >= 15 is 0 Å². The van der Waals surface area contributed by atoms with Gasteiger partial charge in [0.1, 0.15) is 5.82 Å². The van der Waals surface area contributed by atoms with Crippen molar-refractivity contribution < 1.29 is 0 Å². The first-order chi connectivity index (χ1) is 5.54. The van der Waals surface area contributed by atoms with E-state index < -0.39 is 0 Å². The minimum absolute atomic E-state index is 0.373. The van der Waals surface area contributed by atoms with E-state index in [1.807, 2.05) is 22.2 Å². The number of hydrogen-bond donors (Lipinski definition) is 0. The van der Waals surface area contributed by atoms with E-state index in [-0.39, 0.29) is 0 Å². The van der Waals surface area contributed by atoms with Gasteiger partial charge in [0.05, 0.1) is 0 Å². The molecule has 0 aliphatic carbocycles. The van der Waals surface area contributed by atoms with Gasteiger partial charge in [0.15, 0.2) is 0 Å².